The first-order chi connectivity index (χ1) is 13.7. The molecule has 0 radical (unpaired) electrons. The van der Waals surface area contributed by atoms with E-state index in [0.717, 1.165) is 41.4 Å². The number of hydrogen-bond acceptors (Lipinski definition) is 7. The van der Waals surface area contributed by atoms with Crippen molar-refractivity contribution in [2.75, 3.05) is 45.4 Å². The summed E-state index contributed by atoms with van der Waals surface area (Å²) in [6.07, 6.45) is 2.41. The van der Waals surface area contributed by atoms with Gasteiger partial charge in [-0.3, -0.25) is 0 Å². The number of rotatable bonds is 5. The van der Waals surface area contributed by atoms with Crippen molar-refractivity contribution >= 4 is 17.3 Å². The van der Waals surface area contributed by atoms with E-state index in [1.54, 1.807) is 13.2 Å². The van der Waals surface area contributed by atoms with E-state index in [9.17, 15) is 4.79 Å². The van der Waals surface area contributed by atoms with Crippen LogP contribution in [0.2, 0.25) is 0 Å². The zero-order chi connectivity index (χ0) is 19.5. The molecule has 4 rings (SSSR count). The van der Waals surface area contributed by atoms with E-state index in [1.807, 2.05) is 35.0 Å². The Morgan fingerprint density at radius 2 is 2.00 bits per heavy atom. The van der Waals surface area contributed by atoms with Crippen molar-refractivity contribution in [2.24, 2.45) is 0 Å². The summed E-state index contributed by atoms with van der Waals surface area (Å²) < 4.78 is 17.4. The van der Waals surface area contributed by atoms with Crippen LogP contribution in [0.25, 0.3) is 5.52 Å². The third kappa shape index (κ3) is 3.50. The van der Waals surface area contributed by atoms with Crippen LogP contribution in [-0.2, 0) is 15.9 Å². The molecule has 0 atom stereocenters. The Morgan fingerprint density at radius 3 is 2.75 bits per heavy atom. The summed E-state index contributed by atoms with van der Waals surface area (Å²) in [7, 11) is 2.99. The molecule has 8 nitrogen and oxygen atoms in total. The van der Waals surface area contributed by atoms with E-state index in [1.165, 1.54) is 7.11 Å². The molecule has 1 aliphatic rings. The molecule has 1 saturated heterocycles. The summed E-state index contributed by atoms with van der Waals surface area (Å²) in [5.41, 5.74) is 3.11. The van der Waals surface area contributed by atoms with E-state index in [4.69, 9.17) is 19.3 Å². The predicted molar refractivity (Wildman–Crippen MR) is 103 cm³/mol. The maximum absolute atomic E-state index is 11.8. The van der Waals surface area contributed by atoms with Crippen molar-refractivity contribution in [2.45, 2.75) is 6.42 Å². The second-order valence-electron chi connectivity index (χ2n) is 6.48. The lowest BCUT2D eigenvalue weighted by molar-refractivity contribution is 0.0593. The van der Waals surface area contributed by atoms with Crippen LogP contribution < -0.4 is 9.64 Å². The zero-order valence-electron chi connectivity index (χ0n) is 15.9. The van der Waals surface area contributed by atoms with Gasteiger partial charge in [0.2, 0.25) is 0 Å². The molecule has 4 heterocycles. The Bertz CT molecular complexity index is 995. The summed E-state index contributed by atoms with van der Waals surface area (Å²) in [4.78, 5) is 18.5. The van der Waals surface area contributed by atoms with Gasteiger partial charge in [-0.25, -0.2) is 14.3 Å². The fourth-order valence-corrected chi connectivity index (χ4v) is 3.37. The first kappa shape index (κ1) is 18.2. The minimum Gasteiger partial charge on any atom is -0.495 e. The van der Waals surface area contributed by atoms with E-state index in [-0.39, 0.29) is 0 Å². The van der Waals surface area contributed by atoms with Crippen LogP contribution in [0.3, 0.4) is 0 Å². The number of methoxy groups -OCH3 is 2. The third-order valence-electron chi connectivity index (χ3n) is 4.79. The van der Waals surface area contributed by atoms with Crippen LogP contribution in [-0.4, -0.2) is 61.1 Å². The molecule has 0 aliphatic carbocycles. The average molecular weight is 382 g/mol. The van der Waals surface area contributed by atoms with Crippen molar-refractivity contribution in [3.05, 3.63) is 53.5 Å². The normalized spacial score (nSPS) is 14.3. The lowest BCUT2D eigenvalue weighted by Gasteiger charge is -2.27. The van der Waals surface area contributed by atoms with Crippen molar-refractivity contribution in [1.29, 1.82) is 0 Å². The number of aromatic nitrogens is 3. The number of morpholine rings is 1. The average Bonchev–Trinajstić information content (AvgIpc) is 3.11. The predicted octanol–water partition coefficient (Wildman–Crippen LogP) is 1.95. The van der Waals surface area contributed by atoms with Crippen LogP contribution in [0.5, 0.6) is 5.75 Å². The SMILES string of the molecule is COC(=O)c1cccc(Cc2c(N3CCOCC3)nn3cc(OC)ccc23)n1. The summed E-state index contributed by atoms with van der Waals surface area (Å²) in [6.45, 7) is 2.91. The van der Waals surface area contributed by atoms with Gasteiger partial charge in [0.25, 0.3) is 0 Å². The molecular formula is C20H22N4O4. The van der Waals surface area contributed by atoms with E-state index in [2.05, 4.69) is 9.88 Å². The van der Waals surface area contributed by atoms with Crippen LogP contribution >= 0.6 is 0 Å². The van der Waals surface area contributed by atoms with E-state index < -0.39 is 5.97 Å². The summed E-state index contributed by atoms with van der Waals surface area (Å²) in [6, 6.07) is 9.29. The van der Waals surface area contributed by atoms with Crippen molar-refractivity contribution in [3.8, 4) is 5.75 Å². The highest BCUT2D eigenvalue weighted by atomic mass is 16.5. The fourth-order valence-electron chi connectivity index (χ4n) is 3.37. The van der Waals surface area contributed by atoms with Gasteiger partial charge in [-0.1, -0.05) is 6.07 Å². The Hall–Kier alpha value is -3.13. The highest BCUT2D eigenvalue weighted by molar-refractivity contribution is 5.87. The number of carbonyl (C=O) groups excluding carboxylic acids is 1. The van der Waals surface area contributed by atoms with Gasteiger partial charge in [0.15, 0.2) is 5.82 Å². The Morgan fingerprint density at radius 1 is 1.18 bits per heavy atom. The Balaban J connectivity index is 1.76. The minimum atomic E-state index is -0.445. The molecule has 3 aromatic rings. The largest absolute Gasteiger partial charge is 0.495 e. The number of nitrogens with zero attached hydrogens (tertiary/aromatic N) is 4. The molecule has 28 heavy (non-hydrogen) atoms. The molecule has 0 N–H and O–H groups in total. The Labute approximate surface area is 162 Å². The van der Waals surface area contributed by atoms with Crippen LogP contribution in [0.1, 0.15) is 21.7 Å². The first-order valence-electron chi connectivity index (χ1n) is 9.12. The van der Waals surface area contributed by atoms with Gasteiger partial charge in [-0.2, -0.15) is 0 Å². The number of hydrogen-bond donors (Lipinski definition) is 0. The minimum absolute atomic E-state index is 0.297. The molecule has 0 bridgehead atoms. The zero-order valence-corrected chi connectivity index (χ0v) is 15.9. The topological polar surface area (TPSA) is 78.2 Å². The maximum atomic E-state index is 11.8. The second-order valence-corrected chi connectivity index (χ2v) is 6.48. The molecule has 1 fully saturated rings. The van der Waals surface area contributed by atoms with Crippen LogP contribution in [0, 0.1) is 0 Å². The molecule has 3 aromatic heterocycles. The van der Waals surface area contributed by atoms with Crippen molar-refractivity contribution in [3.63, 3.8) is 0 Å². The maximum Gasteiger partial charge on any atom is 0.356 e. The van der Waals surface area contributed by atoms with Gasteiger partial charge in [-0.05, 0) is 24.3 Å². The number of anilines is 1. The second kappa shape index (κ2) is 7.85. The van der Waals surface area contributed by atoms with Gasteiger partial charge in [-0.15, -0.1) is 5.10 Å². The molecule has 1 aliphatic heterocycles. The van der Waals surface area contributed by atoms with Crippen molar-refractivity contribution < 1.29 is 19.0 Å². The lowest BCUT2D eigenvalue weighted by Crippen LogP contribution is -2.37. The summed E-state index contributed by atoms with van der Waals surface area (Å²) >= 11 is 0. The molecule has 0 aromatic carbocycles. The van der Waals surface area contributed by atoms with Gasteiger partial charge in [0.05, 0.1) is 39.1 Å². The fraction of sp³-hybridized carbons (Fsp3) is 0.350. The van der Waals surface area contributed by atoms with Gasteiger partial charge in [0.1, 0.15) is 11.4 Å². The number of ether oxygens (including phenoxy) is 3. The molecule has 0 saturated carbocycles. The number of carbonyl (C=O) groups is 1. The number of pyridine rings is 2. The third-order valence-corrected chi connectivity index (χ3v) is 4.79. The monoisotopic (exact) mass is 382 g/mol. The van der Waals surface area contributed by atoms with E-state index >= 15 is 0 Å². The molecule has 146 valence electrons. The molecular weight excluding hydrogens is 360 g/mol. The van der Waals surface area contributed by atoms with Gasteiger partial charge in [0, 0.05) is 30.8 Å². The van der Waals surface area contributed by atoms with Crippen molar-refractivity contribution in [1.82, 2.24) is 14.6 Å². The number of fused-ring (bicyclic) bond motifs is 1. The summed E-state index contributed by atoms with van der Waals surface area (Å²) in [5, 5.41) is 4.80. The molecule has 0 spiro atoms. The highest BCUT2D eigenvalue weighted by Gasteiger charge is 2.22. The van der Waals surface area contributed by atoms with Crippen LogP contribution in [0.4, 0.5) is 5.82 Å². The molecule has 8 heteroatoms. The molecule has 0 unspecified atom stereocenters. The quantitative estimate of drug-likeness (QED) is 0.624. The number of esters is 1. The first-order valence-corrected chi connectivity index (χ1v) is 9.12. The Kier molecular flexibility index (Phi) is 5.12. The summed E-state index contributed by atoms with van der Waals surface area (Å²) in [5.74, 6) is 1.20. The van der Waals surface area contributed by atoms with Gasteiger partial charge < -0.3 is 19.1 Å². The standard InChI is InChI=1S/C20H22N4O4/c1-26-15-6-7-18-16(12-14-4-3-5-17(21-14)20(25)27-2)19(22-24(18)13-15)23-8-10-28-11-9-23/h3-7,13H,8-12H2,1-2H3. The smallest absolute Gasteiger partial charge is 0.356 e. The lowest BCUT2D eigenvalue weighted by atomic mass is 10.1. The highest BCUT2D eigenvalue weighted by Crippen LogP contribution is 2.28. The van der Waals surface area contributed by atoms with Crippen LogP contribution in [0.15, 0.2) is 36.5 Å². The van der Waals surface area contributed by atoms with E-state index in [0.29, 0.717) is 25.3 Å². The van der Waals surface area contributed by atoms with Gasteiger partial charge >= 0.3 is 5.97 Å². The molecule has 0 amide bonds.